The van der Waals surface area contributed by atoms with Gasteiger partial charge < -0.3 is 10.1 Å². The van der Waals surface area contributed by atoms with E-state index in [1.54, 1.807) is 23.6 Å². The average molecular weight is 348 g/mol. The van der Waals surface area contributed by atoms with Gasteiger partial charge in [-0.2, -0.15) is 16.9 Å². The molecule has 1 heterocycles. The fourth-order valence-electron chi connectivity index (χ4n) is 2.60. The molecule has 2 rings (SSSR count). The number of carbonyl (C=O) groups is 1. The molecule has 0 spiro atoms. The smallest absolute Gasteiger partial charge is 0.217 e. The molecule has 1 atom stereocenters. The second-order valence-electron chi connectivity index (χ2n) is 5.53. The van der Waals surface area contributed by atoms with Crippen molar-refractivity contribution in [3.05, 3.63) is 41.5 Å². The summed E-state index contributed by atoms with van der Waals surface area (Å²) in [6.07, 6.45) is 3.46. The van der Waals surface area contributed by atoms with Gasteiger partial charge in [0.2, 0.25) is 5.91 Å². The summed E-state index contributed by atoms with van der Waals surface area (Å²) in [5.41, 5.74) is 1.04. The average Bonchev–Trinajstić information content (AvgIpc) is 2.92. The van der Waals surface area contributed by atoms with Crippen LogP contribution in [-0.2, 0) is 18.3 Å². The van der Waals surface area contributed by atoms with Crippen molar-refractivity contribution in [2.24, 2.45) is 7.05 Å². The van der Waals surface area contributed by atoms with Gasteiger partial charge >= 0.3 is 0 Å². The summed E-state index contributed by atoms with van der Waals surface area (Å²) >= 11 is 1.75. The maximum atomic E-state index is 11.5. The van der Waals surface area contributed by atoms with Gasteiger partial charge in [-0.05, 0) is 24.5 Å². The highest BCUT2D eigenvalue weighted by Crippen LogP contribution is 2.22. The number of benzene rings is 1. The van der Waals surface area contributed by atoms with Crippen LogP contribution in [0.25, 0.3) is 0 Å². The number of ether oxygens (including phenoxy) is 1. The van der Waals surface area contributed by atoms with Gasteiger partial charge in [0, 0.05) is 26.0 Å². The SMILES string of the molecule is COc1ccccc1Cc1nc([C@H](CCSC)NC(C)=O)n(C)n1. The van der Waals surface area contributed by atoms with Crippen LogP contribution in [0.15, 0.2) is 24.3 Å². The maximum Gasteiger partial charge on any atom is 0.217 e. The Kier molecular flexibility index (Phi) is 6.66. The molecule has 0 saturated heterocycles. The number of hydrogen-bond acceptors (Lipinski definition) is 5. The standard InChI is InChI=1S/C17H24N4O2S/c1-12(22)18-14(9-10-24-4)17-19-16(20-21(17)2)11-13-7-5-6-8-15(13)23-3/h5-8,14H,9-11H2,1-4H3,(H,18,22)/t14-/m0/s1. The largest absolute Gasteiger partial charge is 0.496 e. The Bertz CT molecular complexity index is 687. The first-order valence-corrected chi connectivity index (χ1v) is 9.22. The minimum Gasteiger partial charge on any atom is -0.496 e. The van der Waals surface area contributed by atoms with E-state index in [-0.39, 0.29) is 11.9 Å². The van der Waals surface area contributed by atoms with E-state index in [1.807, 2.05) is 31.3 Å². The lowest BCUT2D eigenvalue weighted by Crippen LogP contribution is -2.28. The summed E-state index contributed by atoms with van der Waals surface area (Å²) in [6.45, 7) is 1.53. The fraction of sp³-hybridized carbons (Fsp3) is 0.471. The molecule has 24 heavy (non-hydrogen) atoms. The Hall–Kier alpha value is -2.02. The Labute approximate surface area is 147 Å². The molecule has 1 aromatic carbocycles. The molecular weight excluding hydrogens is 324 g/mol. The second kappa shape index (κ2) is 8.73. The summed E-state index contributed by atoms with van der Waals surface area (Å²) in [4.78, 5) is 16.2. The second-order valence-corrected chi connectivity index (χ2v) is 6.52. The molecular formula is C17H24N4O2S. The van der Waals surface area contributed by atoms with E-state index in [0.29, 0.717) is 6.42 Å². The van der Waals surface area contributed by atoms with Crippen molar-refractivity contribution >= 4 is 17.7 Å². The predicted molar refractivity (Wildman–Crippen MR) is 96.4 cm³/mol. The number of nitrogens with zero attached hydrogens (tertiary/aromatic N) is 3. The van der Waals surface area contributed by atoms with Crippen LogP contribution < -0.4 is 10.1 Å². The zero-order chi connectivity index (χ0) is 17.5. The number of aryl methyl sites for hydroxylation is 1. The van der Waals surface area contributed by atoms with Crippen LogP contribution in [0.5, 0.6) is 5.75 Å². The van der Waals surface area contributed by atoms with Gasteiger partial charge in [0.1, 0.15) is 11.6 Å². The Morgan fingerprint density at radius 1 is 1.42 bits per heavy atom. The number of carbonyl (C=O) groups excluding carboxylic acids is 1. The molecule has 1 aromatic heterocycles. The molecule has 1 N–H and O–H groups in total. The van der Waals surface area contributed by atoms with Gasteiger partial charge in [0.05, 0.1) is 13.2 Å². The molecule has 0 aliphatic rings. The topological polar surface area (TPSA) is 69.0 Å². The molecule has 0 aliphatic carbocycles. The minimum absolute atomic E-state index is 0.0598. The molecule has 0 bridgehead atoms. The number of rotatable bonds is 8. The Balaban J connectivity index is 2.22. The van der Waals surface area contributed by atoms with Crippen molar-refractivity contribution in [3.8, 4) is 5.75 Å². The van der Waals surface area contributed by atoms with Gasteiger partial charge in [-0.3, -0.25) is 9.48 Å². The van der Waals surface area contributed by atoms with Crippen LogP contribution >= 0.6 is 11.8 Å². The number of nitrogens with one attached hydrogen (secondary N) is 1. The Morgan fingerprint density at radius 2 is 2.17 bits per heavy atom. The van der Waals surface area contributed by atoms with Crippen LogP contribution in [-0.4, -0.2) is 39.8 Å². The quantitative estimate of drug-likeness (QED) is 0.793. The lowest BCUT2D eigenvalue weighted by atomic mass is 10.1. The lowest BCUT2D eigenvalue weighted by Gasteiger charge is -2.16. The number of methoxy groups -OCH3 is 1. The third-order valence-corrected chi connectivity index (χ3v) is 4.33. The molecule has 0 fully saturated rings. The third kappa shape index (κ3) is 4.74. The highest BCUT2D eigenvalue weighted by atomic mass is 32.2. The number of thioether (sulfide) groups is 1. The van der Waals surface area contributed by atoms with Crippen LogP contribution in [0.2, 0.25) is 0 Å². The summed E-state index contributed by atoms with van der Waals surface area (Å²) in [5, 5.41) is 7.48. The van der Waals surface area contributed by atoms with Crippen LogP contribution in [0.1, 0.15) is 36.6 Å². The summed E-state index contributed by atoms with van der Waals surface area (Å²) < 4.78 is 7.14. The molecule has 7 heteroatoms. The number of para-hydroxylation sites is 1. The molecule has 1 amide bonds. The fourth-order valence-corrected chi connectivity index (χ4v) is 3.07. The molecule has 0 unspecified atom stereocenters. The first-order valence-electron chi connectivity index (χ1n) is 7.83. The van der Waals surface area contributed by atoms with Crippen molar-refractivity contribution in [1.82, 2.24) is 20.1 Å². The van der Waals surface area contributed by atoms with Crippen molar-refractivity contribution in [3.63, 3.8) is 0 Å². The van der Waals surface area contributed by atoms with Crippen molar-refractivity contribution in [2.45, 2.75) is 25.8 Å². The van der Waals surface area contributed by atoms with Crippen LogP contribution in [0, 0.1) is 0 Å². The van der Waals surface area contributed by atoms with Crippen molar-refractivity contribution < 1.29 is 9.53 Å². The van der Waals surface area contributed by atoms with Gasteiger partial charge in [0.15, 0.2) is 5.82 Å². The number of aromatic nitrogens is 3. The van der Waals surface area contributed by atoms with Gasteiger partial charge in [-0.25, -0.2) is 4.98 Å². The van der Waals surface area contributed by atoms with Crippen LogP contribution in [0.3, 0.4) is 0 Å². The van der Waals surface area contributed by atoms with Gasteiger partial charge in [0.25, 0.3) is 0 Å². The zero-order valence-corrected chi connectivity index (χ0v) is 15.4. The first-order chi connectivity index (χ1) is 11.5. The maximum absolute atomic E-state index is 11.5. The zero-order valence-electron chi connectivity index (χ0n) is 14.6. The van der Waals surface area contributed by atoms with Crippen molar-refractivity contribution in [2.75, 3.05) is 19.1 Å². The van der Waals surface area contributed by atoms with E-state index in [0.717, 1.165) is 35.1 Å². The third-order valence-electron chi connectivity index (χ3n) is 3.68. The van der Waals surface area contributed by atoms with Crippen molar-refractivity contribution in [1.29, 1.82) is 0 Å². The van der Waals surface area contributed by atoms with Crippen LogP contribution in [0.4, 0.5) is 0 Å². The number of amides is 1. The normalized spacial score (nSPS) is 12.0. The molecule has 2 aromatic rings. The highest BCUT2D eigenvalue weighted by molar-refractivity contribution is 7.98. The molecule has 0 aliphatic heterocycles. The van der Waals surface area contributed by atoms with E-state index in [2.05, 4.69) is 21.7 Å². The monoisotopic (exact) mass is 348 g/mol. The van der Waals surface area contributed by atoms with E-state index >= 15 is 0 Å². The van der Waals surface area contributed by atoms with E-state index in [1.165, 1.54) is 6.92 Å². The van der Waals surface area contributed by atoms with E-state index < -0.39 is 0 Å². The summed E-state index contributed by atoms with van der Waals surface area (Å²) in [7, 11) is 3.52. The highest BCUT2D eigenvalue weighted by Gasteiger charge is 2.20. The molecule has 130 valence electrons. The van der Waals surface area contributed by atoms with E-state index in [9.17, 15) is 4.79 Å². The van der Waals surface area contributed by atoms with Gasteiger partial charge in [-0.1, -0.05) is 18.2 Å². The Morgan fingerprint density at radius 3 is 2.83 bits per heavy atom. The summed E-state index contributed by atoms with van der Waals surface area (Å²) in [5.74, 6) is 3.21. The predicted octanol–water partition coefficient (Wildman–Crippen LogP) is 2.34. The molecule has 0 saturated carbocycles. The first kappa shape index (κ1) is 18.3. The molecule has 6 nitrogen and oxygen atoms in total. The number of hydrogen-bond donors (Lipinski definition) is 1. The van der Waals surface area contributed by atoms with E-state index in [4.69, 9.17) is 4.74 Å². The minimum atomic E-state index is -0.126. The van der Waals surface area contributed by atoms with Gasteiger partial charge in [-0.15, -0.1) is 0 Å². The lowest BCUT2D eigenvalue weighted by molar-refractivity contribution is -0.119. The summed E-state index contributed by atoms with van der Waals surface area (Å²) in [6, 6.07) is 7.72. The molecule has 0 radical (unpaired) electrons.